The van der Waals surface area contributed by atoms with Gasteiger partial charge in [-0.2, -0.15) is 0 Å². The lowest BCUT2D eigenvalue weighted by molar-refractivity contribution is 0.0993. The molecule has 0 radical (unpaired) electrons. The molecule has 6 nitrogen and oxygen atoms in total. The summed E-state index contributed by atoms with van der Waals surface area (Å²) in [5.41, 5.74) is 0. The largest absolute Gasteiger partial charge is 0.327 e. The molecule has 0 atom stereocenters. The van der Waals surface area contributed by atoms with Crippen LogP contribution in [-0.4, -0.2) is 122 Å². The van der Waals surface area contributed by atoms with Crippen molar-refractivity contribution in [2.45, 2.75) is 38.5 Å². The fourth-order valence-electron chi connectivity index (χ4n) is 6.24. The molecule has 6 aliphatic rings. The molecule has 6 rings (SSSR count). The van der Waals surface area contributed by atoms with Gasteiger partial charge in [-0.3, -0.25) is 27.4 Å². The van der Waals surface area contributed by atoms with Crippen LogP contribution in [0.15, 0.2) is 0 Å². The predicted molar refractivity (Wildman–Crippen MR) is 109 cm³/mol. The molecule has 8 heteroatoms. The van der Waals surface area contributed by atoms with Crippen molar-refractivity contribution in [1.82, 2.24) is 27.4 Å². The van der Waals surface area contributed by atoms with E-state index in [9.17, 15) is 0 Å². The van der Waals surface area contributed by atoms with E-state index >= 15 is 0 Å². The molecule has 0 saturated carbocycles. The van der Waals surface area contributed by atoms with Crippen LogP contribution < -0.4 is 0 Å². The van der Waals surface area contributed by atoms with Gasteiger partial charge in [-0.15, -0.1) is 0 Å². The molecule has 0 bridgehead atoms. The Balaban J connectivity index is 1.53. The second-order valence-electron chi connectivity index (χ2n) is 9.31. The average molecular weight is 393 g/mol. The van der Waals surface area contributed by atoms with E-state index in [2.05, 4.69) is 27.4 Å². The molecule has 0 N–H and O–H groups in total. The predicted octanol–water partition coefficient (Wildman–Crippen LogP) is 0.177. The highest BCUT2D eigenvalue weighted by Gasteiger charge is 2.78. The van der Waals surface area contributed by atoms with E-state index in [4.69, 9.17) is 0 Å². The maximum Gasteiger partial charge on any atom is 0.327 e. The van der Waals surface area contributed by atoms with Crippen molar-refractivity contribution in [2.75, 3.05) is 78.5 Å². The first-order chi connectivity index (χ1) is 12.9. The number of hydrogen-bond acceptors (Lipinski definition) is 6. The Kier molecular flexibility index (Phi) is 4.17. The molecule has 6 heterocycles. The van der Waals surface area contributed by atoms with E-state index in [1.807, 2.05) is 0 Å². The van der Waals surface area contributed by atoms with Gasteiger partial charge < -0.3 is 0 Å². The first-order valence-electron chi connectivity index (χ1n) is 11.4. The van der Waals surface area contributed by atoms with E-state index in [1.54, 1.807) is 0 Å². The molecule has 0 aromatic heterocycles. The van der Waals surface area contributed by atoms with Crippen LogP contribution in [0.25, 0.3) is 0 Å². The van der Waals surface area contributed by atoms with Gasteiger partial charge in [0.1, 0.15) is 0 Å². The molecule has 0 aromatic carbocycles. The summed E-state index contributed by atoms with van der Waals surface area (Å²) in [5.74, 6) is 0. The third kappa shape index (κ3) is 1.97. The van der Waals surface area contributed by atoms with Gasteiger partial charge in [0.2, 0.25) is 0 Å². The van der Waals surface area contributed by atoms with Gasteiger partial charge in [-0.05, 0) is 117 Å². The average Bonchev–Trinajstić information content (AvgIpc) is 2.23. The molecule has 26 heavy (non-hydrogen) atoms. The topological polar surface area (TPSA) is 19.4 Å². The van der Waals surface area contributed by atoms with Crippen LogP contribution in [0.1, 0.15) is 38.5 Å². The first-order valence-corrected chi connectivity index (χ1v) is 16.1. The van der Waals surface area contributed by atoms with Crippen LogP contribution in [0.3, 0.4) is 0 Å². The van der Waals surface area contributed by atoms with Crippen LogP contribution in [-0.2, 0) is 0 Å². The third-order valence-corrected chi connectivity index (χ3v) is 25.5. The monoisotopic (exact) mass is 392 g/mol. The Morgan fingerprint density at radius 3 is 0.500 bits per heavy atom. The molecule has 6 aliphatic heterocycles. The van der Waals surface area contributed by atoms with Crippen LogP contribution in [0.2, 0.25) is 0 Å². The summed E-state index contributed by atoms with van der Waals surface area (Å²) in [6, 6.07) is 0. The lowest BCUT2D eigenvalue weighted by Gasteiger charge is -2.74. The Bertz CT molecular complexity index is 418. The zero-order chi connectivity index (χ0) is 17.2. The molecule has 0 unspecified atom stereocenters. The zero-order valence-electron chi connectivity index (χ0n) is 16.4. The van der Waals surface area contributed by atoms with Gasteiger partial charge in [-0.25, -0.2) is 0 Å². The fourth-order valence-corrected chi connectivity index (χ4v) is 28.5. The summed E-state index contributed by atoms with van der Waals surface area (Å²) >= 11 is 0. The van der Waals surface area contributed by atoms with Crippen molar-refractivity contribution in [1.29, 1.82) is 0 Å². The van der Waals surface area contributed by atoms with Crippen molar-refractivity contribution in [3.63, 3.8) is 0 Å². The number of hydrogen-bond donors (Lipinski definition) is 0. The normalized spacial score (nSPS) is 32.8. The van der Waals surface area contributed by atoms with E-state index in [1.165, 1.54) is 117 Å². The summed E-state index contributed by atoms with van der Waals surface area (Å²) < 4.78 is 18.6. The summed E-state index contributed by atoms with van der Waals surface area (Å²) in [5, 5.41) is 0. The SMILES string of the molecule is C1CN([Si](N2CCC2)(N2CCC2)[Si](N2CCC2)(N2CCC2)N2CCC2)C1. The maximum absolute atomic E-state index is 3.10. The van der Waals surface area contributed by atoms with Gasteiger partial charge in [-0.1, -0.05) is 0 Å². The summed E-state index contributed by atoms with van der Waals surface area (Å²) in [4.78, 5) is 0. The summed E-state index contributed by atoms with van der Waals surface area (Å²) in [7, 11) is -3.61. The minimum Gasteiger partial charge on any atom is -0.299 e. The van der Waals surface area contributed by atoms with Crippen molar-refractivity contribution in [2.24, 2.45) is 0 Å². The highest BCUT2D eigenvalue weighted by molar-refractivity contribution is 7.35. The van der Waals surface area contributed by atoms with E-state index in [0.717, 1.165) is 0 Å². The Morgan fingerprint density at radius 1 is 0.269 bits per heavy atom. The van der Waals surface area contributed by atoms with Gasteiger partial charge >= 0.3 is 16.2 Å². The molecule has 146 valence electrons. The van der Waals surface area contributed by atoms with Crippen molar-refractivity contribution < 1.29 is 0 Å². The minimum atomic E-state index is -1.81. The van der Waals surface area contributed by atoms with Crippen molar-refractivity contribution in [3.05, 3.63) is 0 Å². The fraction of sp³-hybridized carbons (Fsp3) is 1.00. The third-order valence-electron chi connectivity index (χ3n) is 8.23. The smallest absolute Gasteiger partial charge is 0.299 e. The molecule has 0 aromatic rings. The molecule has 0 spiro atoms. The lowest BCUT2D eigenvalue weighted by Crippen LogP contribution is -3.04. The zero-order valence-corrected chi connectivity index (χ0v) is 18.4. The molecular formula is C18H36N6Si2. The Morgan fingerprint density at radius 2 is 0.423 bits per heavy atom. The van der Waals surface area contributed by atoms with Crippen LogP contribution in [0.4, 0.5) is 0 Å². The summed E-state index contributed by atoms with van der Waals surface area (Å²) in [6.07, 6.45) is 8.67. The van der Waals surface area contributed by atoms with Gasteiger partial charge in [0.05, 0.1) is 0 Å². The van der Waals surface area contributed by atoms with Gasteiger partial charge in [0.25, 0.3) is 0 Å². The first kappa shape index (κ1) is 17.1. The highest BCUT2D eigenvalue weighted by atomic mass is 29.3. The minimum absolute atomic E-state index is 1.39. The van der Waals surface area contributed by atoms with Crippen LogP contribution in [0, 0.1) is 0 Å². The van der Waals surface area contributed by atoms with Gasteiger partial charge in [0.15, 0.2) is 0 Å². The van der Waals surface area contributed by atoms with Crippen molar-refractivity contribution in [3.8, 4) is 0 Å². The van der Waals surface area contributed by atoms with Crippen LogP contribution >= 0.6 is 0 Å². The quantitative estimate of drug-likeness (QED) is 0.572. The Hall–Kier alpha value is 0.194. The molecule has 6 saturated heterocycles. The second kappa shape index (κ2) is 6.35. The summed E-state index contributed by atoms with van der Waals surface area (Å²) in [6.45, 7) is 16.7. The van der Waals surface area contributed by atoms with Crippen LogP contribution in [0.5, 0.6) is 0 Å². The van der Waals surface area contributed by atoms with E-state index in [-0.39, 0.29) is 0 Å². The standard InChI is InChI=1S/C18H36N6Si2/c1-7-19(8-1)25(20-9-2-10-20,21-11-3-12-21)26(22-13-4-14-22,23-15-5-16-23)24-17-6-18-24/h1-18H2. The number of nitrogens with zero attached hydrogens (tertiary/aromatic N) is 6. The second-order valence-corrected chi connectivity index (χ2v) is 19.7. The molecule has 6 fully saturated rings. The molecule has 0 aliphatic carbocycles. The number of rotatable bonds is 7. The molecular weight excluding hydrogens is 356 g/mol. The van der Waals surface area contributed by atoms with E-state index in [0.29, 0.717) is 0 Å². The molecule has 0 amide bonds. The van der Waals surface area contributed by atoms with Crippen molar-refractivity contribution >= 4 is 16.2 Å². The Labute approximate surface area is 160 Å². The van der Waals surface area contributed by atoms with Gasteiger partial charge in [0, 0.05) is 0 Å². The maximum atomic E-state index is 3.10. The van der Waals surface area contributed by atoms with E-state index < -0.39 is 16.2 Å². The lowest BCUT2D eigenvalue weighted by atomic mass is 10.3. The highest BCUT2D eigenvalue weighted by Crippen LogP contribution is 2.46.